The number of aromatic hydroxyl groups is 1. The van der Waals surface area contributed by atoms with E-state index in [1.54, 1.807) is 50.8 Å². The van der Waals surface area contributed by atoms with E-state index in [9.17, 15) is 19.5 Å². The number of ether oxygens (including phenoxy) is 1. The van der Waals surface area contributed by atoms with Gasteiger partial charge in [0.15, 0.2) is 0 Å². The van der Waals surface area contributed by atoms with Crippen LogP contribution in [0.1, 0.15) is 96.9 Å². The summed E-state index contributed by atoms with van der Waals surface area (Å²) < 4.78 is 5.52. The molecule has 0 saturated heterocycles. The van der Waals surface area contributed by atoms with Crippen LogP contribution in [0.5, 0.6) is 5.75 Å². The van der Waals surface area contributed by atoms with E-state index in [-0.39, 0.29) is 18.1 Å². The lowest BCUT2D eigenvalue weighted by atomic mass is 9.90. The van der Waals surface area contributed by atoms with Crippen LogP contribution in [0, 0.1) is 6.92 Å². The number of nitrogens with one attached hydrogen (secondary N) is 2. The summed E-state index contributed by atoms with van der Waals surface area (Å²) in [5.74, 6) is -0.597. The highest BCUT2D eigenvalue weighted by atomic mass is 16.6. The number of hydrogen-bond acceptors (Lipinski definition) is 5. The summed E-state index contributed by atoms with van der Waals surface area (Å²) in [6, 6.07) is 12.4. The summed E-state index contributed by atoms with van der Waals surface area (Å²) in [6.45, 7) is 15.4. The zero-order valence-electron chi connectivity index (χ0n) is 26.0. The molecule has 8 heteroatoms. The van der Waals surface area contributed by atoms with Crippen molar-refractivity contribution in [2.24, 2.45) is 0 Å². The van der Waals surface area contributed by atoms with Crippen LogP contribution < -0.4 is 10.6 Å². The first-order chi connectivity index (χ1) is 19.2. The molecular weight excluding hydrogens is 518 g/mol. The van der Waals surface area contributed by atoms with Crippen LogP contribution in [-0.4, -0.2) is 51.6 Å². The van der Waals surface area contributed by atoms with Gasteiger partial charge in [0, 0.05) is 18.5 Å². The summed E-state index contributed by atoms with van der Waals surface area (Å²) in [5, 5.41) is 16.1. The first kappa shape index (κ1) is 33.7. The minimum Gasteiger partial charge on any atom is -0.508 e. The average molecular weight is 568 g/mol. The number of aryl methyl sites for hydroxylation is 1. The quantitative estimate of drug-likeness (QED) is 0.250. The Kier molecular flexibility index (Phi) is 12.2. The number of phenols is 1. The summed E-state index contributed by atoms with van der Waals surface area (Å²) in [5.41, 5.74) is 0.521. The number of phenolic OH excluding ortho intramolecular Hbond substituents is 1. The fourth-order valence-electron chi connectivity index (χ4n) is 4.56. The van der Waals surface area contributed by atoms with E-state index in [2.05, 4.69) is 17.6 Å². The van der Waals surface area contributed by atoms with E-state index in [1.807, 2.05) is 51.1 Å². The molecule has 3 N–H and O–H groups in total. The van der Waals surface area contributed by atoms with Crippen molar-refractivity contribution < 1.29 is 24.2 Å². The lowest BCUT2D eigenvalue weighted by Gasteiger charge is -2.44. The van der Waals surface area contributed by atoms with E-state index in [0.717, 1.165) is 24.8 Å². The zero-order valence-corrected chi connectivity index (χ0v) is 26.0. The highest BCUT2D eigenvalue weighted by Crippen LogP contribution is 2.34. The van der Waals surface area contributed by atoms with Crippen molar-refractivity contribution in [2.45, 2.75) is 111 Å². The van der Waals surface area contributed by atoms with E-state index < -0.39 is 35.2 Å². The van der Waals surface area contributed by atoms with Crippen molar-refractivity contribution in [2.75, 3.05) is 6.54 Å². The van der Waals surface area contributed by atoms with Crippen LogP contribution >= 0.6 is 0 Å². The third-order valence-corrected chi connectivity index (χ3v) is 7.15. The number of amides is 3. The summed E-state index contributed by atoms with van der Waals surface area (Å²) in [7, 11) is 0. The highest BCUT2D eigenvalue weighted by Gasteiger charge is 2.43. The molecule has 0 saturated carbocycles. The molecule has 41 heavy (non-hydrogen) atoms. The van der Waals surface area contributed by atoms with Gasteiger partial charge in [0.2, 0.25) is 11.8 Å². The van der Waals surface area contributed by atoms with Gasteiger partial charge in [0.1, 0.15) is 23.4 Å². The largest absolute Gasteiger partial charge is 0.508 e. The average Bonchev–Trinajstić information content (AvgIpc) is 2.90. The SMILES string of the molecule is CCCCCNC(=O)C(c1ccc(O)c(C)c1)N(C(=O)C(Cc1ccccc1)NC(=O)OC(C)(C)C)C(C)(C)CC. The maximum Gasteiger partial charge on any atom is 0.408 e. The first-order valence-corrected chi connectivity index (χ1v) is 14.6. The number of hydrogen-bond donors (Lipinski definition) is 3. The number of benzene rings is 2. The Balaban J connectivity index is 2.63. The van der Waals surface area contributed by atoms with Crippen LogP contribution in [0.2, 0.25) is 0 Å². The van der Waals surface area contributed by atoms with Gasteiger partial charge in [-0.05, 0) is 83.2 Å². The third-order valence-electron chi connectivity index (χ3n) is 7.15. The fraction of sp³-hybridized carbons (Fsp3) is 0.545. The smallest absolute Gasteiger partial charge is 0.408 e. The van der Waals surface area contributed by atoms with Crippen molar-refractivity contribution in [1.29, 1.82) is 0 Å². The summed E-state index contributed by atoms with van der Waals surface area (Å²) >= 11 is 0. The van der Waals surface area contributed by atoms with Crippen molar-refractivity contribution in [3.8, 4) is 5.75 Å². The maximum atomic E-state index is 14.6. The normalized spacial score (nSPS) is 13.2. The molecule has 0 aromatic heterocycles. The molecule has 2 unspecified atom stereocenters. The molecule has 0 fully saturated rings. The number of unbranched alkanes of at least 4 members (excludes halogenated alkanes) is 2. The molecule has 2 aromatic rings. The second-order valence-corrected chi connectivity index (χ2v) is 12.2. The molecule has 8 nitrogen and oxygen atoms in total. The molecule has 0 aliphatic rings. The van der Waals surface area contributed by atoms with E-state index in [4.69, 9.17) is 4.74 Å². The van der Waals surface area contributed by atoms with Gasteiger partial charge < -0.3 is 25.4 Å². The van der Waals surface area contributed by atoms with Crippen molar-refractivity contribution >= 4 is 17.9 Å². The lowest BCUT2D eigenvalue weighted by molar-refractivity contribution is -0.149. The number of alkyl carbamates (subject to hydrolysis) is 1. The standard InChI is InChI=1S/C33H49N3O5/c1-9-11-15-20-34-29(38)28(25-18-19-27(37)23(3)21-25)36(33(7,8)10-2)30(39)26(22-24-16-13-12-14-17-24)35-31(40)41-32(4,5)6/h12-14,16-19,21,26,28,37H,9-11,15,20,22H2,1-8H3,(H,34,38)(H,35,40). The van der Waals surface area contributed by atoms with Gasteiger partial charge >= 0.3 is 6.09 Å². The lowest BCUT2D eigenvalue weighted by Crippen LogP contribution is -2.60. The Morgan fingerprint density at radius 3 is 2.20 bits per heavy atom. The molecule has 2 aromatic carbocycles. The third kappa shape index (κ3) is 10.1. The van der Waals surface area contributed by atoms with Crippen LogP contribution in [0.25, 0.3) is 0 Å². The van der Waals surface area contributed by atoms with E-state index >= 15 is 0 Å². The predicted octanol–water partition coefficient (Wildman–Crippen LogP) is 6.20. The van der Waals surface area contributed by atoms with Gasteiger partial charge in [-0.1, -0.05) is 63.1 Å². The van der Waals surface area contributed by atoms with Gasteiger partial charge in [-0.25, -0.2) is 4.79 Å². The summed E-state index contributed by atoms with van der Waals surface area (Å²) in [4.78, 5) is 43.1. The van der Waals surface area contributed by atoms with E-state index in [0.29, 0.717) is 24.1 Å². The Morgan fingerprint density at radius 2 is 1.63 bits per heavy atom. The van der Waals surface area contributed by atoms with Gasteiger partial charge in [0.25, 0.3) is 0 Å². The Bertz CT molecular complexity index is 1160. The number of rotatable bonds is 13. The molecule has 2 rings (SSSR count). The fourth-order valence-corrected chi connectivity index (χ4v) is 4.56. The Labute approximate surface area is 245 Å². The molecule has 226 valence electrons. The van der Waals surface area contributed by atoms with Gasteiger partial charge in [0.05, 0.1) is 0 Å². The minimum atomic E-state index is -0.994. The van der Waals surface area contributed by atoms with Crippen molar-refractivity contribution in [3.63, 3.8) is 0 Å². The second kappa shape index (κ2) is 14.9. The molecule has 0 aliphatic carbocycles. The van der Waals surface area contributed by atoms with Gasteiger partial charge in [-0.15, -0.1) is 0 Å². The van der Waals surface area contributed by atoms with Gasteiger partial charge in [-0.3, -0.25) is 9.59 Å². The van der Waals surface area contributed by atoms with Crippen LogP contribution in [-0.2, 0) is 20.7 Å². The Morgan fingerprint density at radius 1 is 0.976 bits per heavy atom. The Hall–Kier alpha value is -3.55. The van der Waals surface area contributed by atoms with E-state index in [1.165, 1.54) is 0 Å². The minimum absolute atomic E-state index is 0.108. The number of carbonyl (C=O) groups excluding carboxylic acids is 3. The summed E-state index contributed by atoms with van der Waals surface area (Å²) in [6.07, 6.45) is 2.88. The molecular formula is C33H49N3O5. The molecule has 2 atom stereocenters. The number of carbonyl (C=O) groups is 3. The van der Waals surface area contributed by atoms with Crippen LogP contribution in [0.15, 0.2) is 48.5 Å². The van der Waals surface area contributed by atoms with Crippen LogP contribution in [0.3, 0.4) is 0 Å². The molecule has 0 aliphatic heterocycles. The monoisotopic (exact) mass is 567 g/mol. The number of nitrogens with zero attached hydrogens (tertiary/aromatic N) is 1. The van der Waals surface area contributed by atoms with Crippen LogP contribution in [0.4, 0.5) is 4.79 Å². The molecule has 0 heterocycles. The predicted molar refractivity (Wildman–Crippen MR) is 163 cm³/mol. The molecule has 3 amide bonds. The second-order valence-electron chi connectivity index (χ2n) is 12.2. The maximum absolute atomic E-state index is 14.6. The first-order valence-electron chi connectivity index (χ1n) is 14.6. The molecule has 0 spiro atoms. The molecule has 0 radical (unpaired) electrons. The molecule has 0 bridgehead atoms. The topological polar surface area (TPSA) is 108 Å². The van der Waals surface area contributed by atoms with Crippen molar-refractivity contribution in [3.05, 3.63) is 65.2 Å². The van der Waals surface area contributed by atoms with Crippen molar-refractivity contribution in [1.82, 2.24) is 15.5 Å². The van der Waals surface area contributed by atoms with Gasteiger partial charge in [-0.2, -0.15) is 0 Å². The zero-order chi connectivity index (χ0) is 30.8. The highest BCUT2D eigenvalue weighted by molar-refractivity contribution is 5.93.